The largest absolute Gasteiger partial charge is 0.493 e. The van der Waals surface area contributed by atoms with Crippen LogP contribution >= 0.6 is 0 Å². The number of amides is 1. The molecule has 5 nitrogen and oxygen atoms in total. The normalized spacial score (nSPS) is 11.3. The van der Waals surface area contributed by atoms with Gasteiger partial charge in [-0.25, -0.2) is 8.78 Å². The van der Waals surface area contributed by atoms with Crippen molar-refractivity contribution >= 4 is 5.91 Å². The second-order valence-electron chi connectivity index (χ2n) is 6.34. The molecule has 1 amide bonds. The fraction of sp³-hybridized carbons (Fsp3) is 0.130. The molecule has 3 aromatic carbocycles. The Morgan fingerprint density at radius 3 is 2.50 bits per heavy atom. The highest BCUT2D eigenvalue weighted by Crippen LogP contribution is 2.29. The van der Waals surface area contributed by atoms with Crippen LogP contribution in [0.2, 0.25) is 0 Å². The Hall–Kier alpha value is -3.92. The lowest BCUT2D eigenvalue weighted by atomic mass is 10.1. The maximum Gasteiger partial charge on any atom is 0.252 e. The van der Waals surface area contributed by atoms with Gasteiger partial charge >= 0.3 is 0 Å². The van der Waals surface area contributed by atoms with Crippen LogP contribution in [0.5, 0.6) is 11.5 Å². The van der Waals surface area contributed by atoms with E-state index in [1.807, 2.05) is 36.4 Å². The van der Waals surface area contributed by atoms with Crippen molar-refractivity contribution < 1.29 is 23.0 Å². The van der Waals surface area contributed by atoms with Crippen molar-refractivity contribution in [2.24, 2.45) is 0 Å². The average molecular weight is 408 g/mol. The monoisotopic (exact) mass is 408 g/mol. The molecule has 0 fully saturated rings. The number of rotatable bonds is 7. The number of hydrogen-bond acceptors (Lipinski definition) is 4. The standard InChI is InChI=1S/C23H18F2N2O3/c1-29-22-11-16(7-10-21(22)30-14-15-5-3-2-4-6-15)23(28)27-20(13-26)18-9-8-17(24)12-19(18)25/h2-12,20H,14H2,1H3,(H,27,28). The van der Waals surface area contributed by atoms with Crippen LogP contribution in [0.15, 0.2) is 66.7 Å². The van der Waals surface area contributed by atoms with Crippen LogP contribution in [0, 0.1) is 23.0 Å². The highest BCUT2D eigenvalue weighted by atomic mass is 19.1. The van der Waals surface area contributed by atoms with E-state index in [0.717, 1.165) is 17.7 Å². The highest BCUT2D eigenvalue weighted by Gasteiger charge is 2.20. The summed E-state index contributed by atoms with van der Waals surface area (Å²) in [6, 6.07) is 17.4. The number of benzene rings is 3. The first-order chi connectivity index (χ1) is 14.5. The van der Waals surface area contributed by atoms with Gasteiger partial charge in [-0.3, -0.25) is 4.79 Å². The molecule has 7 heteroatoms. The van der Waals surface area contributed by atoms with Crippen molar-refractivity contribution in [2.75, 3.05) is 7.11 Å². The SMILES string of the molecule is COc1cc(C(=O)NC(C#N)c2ccc(F)cc2F)ccc1OCc1ccccc1. The highest BCUT2D eigenvalue weighted by molar-refractivity contribution is 5.95. The van der Waals surface area contributed by atoms with E-state index >= 15 is 0 Å². The van der Waals surface area contributed by atoms with Gasteiger partial charge in [0.05, 0.1) is 13.2 Å². The van der Waals surface area contributed by atoms with Gasteiger partial charge in [0, 0.05) is 17.2 Å². The molecule has 0 aliphatic rings. The lowest BCUT2D eigenvalue weighted by molar-refractivity contribution is 0.0944. The minimum absolute atomic E-state index is 0.123. The number of nitrogens with zero attached hydrogens (tertiary/aromatic N) is 1. The predicted molar refractivity (Wildman–Crippen MR) is 106 cm³/mol. The van der Waals surface area contributed by atoms with Crippen molar-refractivity contribution in [3.05, 3.63) is 95.1 Å². The number of carbonyl (C=O) groups excluding carboxylic acids is 1. The van der Waals surface area contributed by atoms with Gasteiger partial charge in [-0.1, -0.05) is 36.4 Å². The molecule has 0 radical (unpaired) electrons. The molecule has 0 bridgehead atoms. The number of hydrogen-bond donors (Lipinski definition) is 1. The van der Waals surface area contributed by atoms with E-state index in [1.54, 1.807) is 6.07 Å². The number of nitrogens with one attached hydrogen (secondary N) is 1. The van der Waals surface area contributed by atoms with Gasteiger partial charge in [0.15, 0.2) is 11.5 Å². The van der Waals surface area contributed by atoms with Crippen LogP contribution in [0.4, 0.5) is 8.78 Å². The number of halogens is 2. The molecule has 0 spiro atoms. The Kier molecular flexibility index (Phi) is 6.60. The summed E-state index contributed by atoms with van der Waals surface area (Å²) < 4.78 is 38.1. The Morgan fingerprint density at radius 1 is 1.07 bits per heavy atom. The molecule has 1 N–H and O–H groups in total. The first-order valence-corrected chi connectivity index (χ1v) is 9.02. The van der Waals surface area contributed by atoms with Crippen LogP contribution in [0.25, 0.3) is 0 Å². The van der Waals surface area contributed by atoms with Crippen LogP contribution in [-0.2, 0) is 6.61 Å². The van der Waals surface area contributed by atoms with Gasteiger partial charge < -0.3 is 14.8 Å². The number of nitriles is 1. The molecule has 152 valence electrons. The maximum atomic E-state index is 14.0. The van der Waals surface area contributed by atoms with Crippen molar-refractivity contribution in [3.63, 3.8) is 0 Å². The van der Waals surface area contributed by atoms with E-state index in [1.165, 1.54) is 19.2 Å². The average Bonchev–Trinajstić information content (AvgIpc) is 2.77. The van der Waals surface area contributed by atoms with Gasteiger partial charge in [0.1, 0.15) is 24.3 Å². The zero-order valence-electron chi connectivity index (χ0n) is 16.1. The Balaban J connectivity index is 1.74. The first kappa shape index (κ1) is 20.8. The number of methoxy groups -OCH3 is 1. The molecule has 0 aliphatic carbocycles. The number of ether oxygens (including phenoxy) is 2. The zero-order valence-corrected chi connectivity index (χ0v) is 16.1. The Bertz CT molecular complexity index is 1080. The maximum absolute atomic E-state index is 14.0. The molecule has 3 aromatic rings. The minimum atomic E-state index is -1.28. The molecule has 1 atom stereocenters. The van der Waals surface area contributed by atoms with Gasteiger partial charge in [-0.05, 0) is 29.8 Å². The fourth-order valence-electron chi connectivity index (χ4n) is 2.79. The summed E-state index contributed by atoms with van der Waals surface area (Å²) in [7, 11) is 1.44. The second-order valence-corrected chi connectivity index (χ2v) is 6.34. The molecule has 0 aliphatic heterocycles. The zero-order chi connectivity index (χ0) is 21.5. The summed E-state index contributed by atoms with van der Waals surface area (Å²) in [6.45, 7) is 0.323. The van der Waals surface area contributed by atoms with E-state index in [-0.39, 0.29) is 11.1 Å². The second kappa shape index (κ2) is 9.52. The Morgan fingerprint density at radius 2 is 1.83 bits per heavy atom. The lowest BCUT2D eigenvalue weighted by Gasteiger charge is -2.15. The van der Waals surface area contributed by atoms with Crippen LogP contribution < -0.4 is 14.8 Å². The summed E-state index contributed by atoms with van der Waals surface area (Å²) in [5.74, 6) is -1.52. The van der Waals surface area contributed by atoms with Gasteiger partial charge in [0.2, 0.25) is 0 Å². The van der Waals surface area contributed by atoms with Crippen LogP contribution in [0.3, 0.4) is 0 Å². The van der Waals surface area contributed by atoms with Crippen LogP contribution in [0.1, 0.15) is 27.5 Å². The third-order valence-electron chi connectivity index (χ3n) is 4.34. The molecular formula is C23H18F2N2O3. The van der Waals surface area contributed by atoms with Gasteiger partial charge in [0.25, 0.3) is 5.91 Å². The summed E-state index contributed by atoms with van der Waals surface area (Å²) in [5, 5.41) is 11.8. The van der Waals surface area contributed by atoms with Crippen LogP contribution in [-0.4, -0.2) is 13.0 Å². The summed E-state index contributed by atoms with van der Waals surface area (Å²) >= 11 is 0. The van der Waals surface area contributed by atoms with Crippen molar-refractivity contribution in [1.29, 1.82) is 5.26 Å². The lowest BCUT2D eigenvalue weighted by Crippen LogP contribution is -2.28. The minimum Gasteiger partial charge on any atom is -0.493 e. The topological polar surface area (TPSA) is 71.3 Å². The van der Waals surface area contributed by atoms with E-state index < -0.39 is 23.6 Å². The molecule has 3 rings (SSSR count). The van der Waals surface area contributed by atoms with Crippen molar-refractivity contribution in [1.82, 2.24) is 5.32 Å². The Labute approximate surface area is 172 Å². The van der Waals surface area contributed by atoms with Crippen molar-refractivity contribution in [2.45, 2.75) is 12.6 Å². The van der Waals surface area contributed by atoms with E-state index in [2.05, 4.69) is 5.32 Å². The first-order valence-electron chi connectivity index (χ1n) is 9.02. The molecule has 0 saturated heterocycles. The smallest absolute Gasteiger partial charge is 0.252 e. The van der Waals surface area contributed by atoms with Gasteiger partial charge in [-0.15, -0.1) is 0 Å². The third-order valence-corrected chi connectivity index (χ3v) is 4.34. The predicted octanol–water partition coefficient (Wildman–Crippen LogP) is 4.55. The molecule has 0 saturated carbocycles. The molecule has 0 heterocycles. The molecular weight excluding hydrogens is 390 g/mol. The quantitative estimate of drug-likeness (QED) is 0.623. The molecule has 30 heavy (non-hydrogen) atoms. The van der Waals surface area contributed by atoms with E-state index in [4.69, 9.17) is 9.47 Å². The third kappa shape index (κ3) is 4.92. The summed E-state index contributed by atoms with van der Waals surface area (Å²) in [6.07, 6.45) is 0. The van der Waals surface area contributed by atoms with E-state index in [9.17, 15) is 18.8 Å². The van der Waals surface area contributed by atoms with E-state index in [0.29, 0.717) is 24.2 Å². The molecule has 0 aromatic heterocycles. The van der Waals surface area contributed by atoms with Crippen molar-refractivity contribution in [3.8, 4) is 17.6 Å². The summed E-state index contributed by atoms with van der Waals surface area (Å²) in [4.78, 5) is 12.6. The summed E-state index contributed by atoms with van der Waals surface area (Å²) in [5.41, 5.74) is 1.04. The molecule has 1 unspecified atom stereocenters. The number of carbonyl (C=O) groups is 1. The fourth-order valence-corrected chi connectivity index (χ4v) is 2.79. The van der Waals surface area contributed by atoms with Gasteiger partial charge in [-0.2, -0.15) is 5.26 Å².